The molecule has 3 rings (SSSR count). The molecular weight excluding hydrogens is 414 g/mol. The van der Waals surface area contributed by atoms with E-state index in [2.05, 4.69) is 26.2 Å². The van der Waals surface area contributed by atoms with Crippen LogP contribution in [-0.2, 0) is 11.3 Å². The molecule has 1 saturated carbocycles. The Morgan fingerprint density at radius 1 is 1.30 bits per heavy atom. The van der Waals surface area contributed by atoms with Gasteiger partial charge in [0.15, 0.2) is 0 Å². The maximum Gasteiger partial charge on any atom is 0.404 e. The van der Waals surface area contributed by atoms with Crippen LogP contribution in [0.25, 0.3) is 0 Å². The topological polar surface area (TPSA) is 91.8 Å². The van der Waals surface area contributed by atoms with Gasteiger partial charge in [-0.1, -0.05) is 12.1 Å². The Balaban J connectivity index is 1.79. The quantitative estimate of drug-likeness (QED) is 0.727. The summed E-state index contributed by atoms with van der Waals surface area (Å²) >= 11 is 3.49. The van der Waals surface area contributed by atoms with E-state index in [0.717, 1.165) is 15.8 Å². The first kappa shape index (κ1) is 19.2. The van der Waals surface area contributed by atoms with Crippen molar-refractivity contribution in [2.75, 3.05) is 12.0 Å². The van der Waals surface area contributed by atoms with Gasteiger partial charge in [0.2, 0.25) is 5.91 Å². The summed E-state index contributed by atoms with van der Waals surface area (Å²) < 4.78 is 5.96. The van der Waals surface area contributed by atoms with Crippen LogP contribution in [0, 0.1) is 5.92 Å². The Kier molecular flexibility index (Phi) is 5.95. The van der Waals surface area contributed by atoms with E-state index < -0.39 is 6.09 Å². The fourth-order valence-electron chi connectivity index (χ4n) is 3.10. The van der Waals surface area contributed by atoms with Crippen molar-refractivity contribution in [3.63, 3.8) is 0 Å². The first-order valence-corrected chi connectivity index (χ1v) is 9.30. The summed E-state index contributed by atoms with van der Waals surface area (Å²) in [6.45, 7) is 0.390. The number of nitrogens with zero attached hydrogens (tertiary/aromatic N) is 2. The van der Waals surface area contributed by atoms with Crippen molar-refractivity contribution in [3.05, 3.63) is 52.8 Å². The summed E-state index contributed by atoms with van der Waals surface area (Å²) in [6, 6.07) is 9.16. The molecule has 2 N–H and O–H groups in total. The van der Waals surface area contributed by atoms with Crippen LogP contribution in [0.4, 0.5) is 10.5 Å². The molecule has 142 valence electrons. The van der Waals surface area contributed by atoms with Crippen molar-refractivity contribution < 1.29 is 19.4 Å². The highest BCUT2D eigenvalue weighted by Gasteiger charge is 2.38. The normalized spacial score (nSPS) is 18.3. The molecule has 8 heteroatoms. The van der Waals surface area contributed by atoms with Gasteiger partial charge in [0.1, 0.15) is 5.75 Å². The number of nitrogens with one attached hydrogen (secondary N) is 1. The molecule has 1 aromatic carbocycles. The van der Waals surface area contributed by atoms with Gasteiger partial charge in [0.25, 0.3) is 0 Å². The number of pyridine rings is 1. The fourth-order valence-corrected chi connectivity index (χ4v) is 3.53. The van der Waals surface area contributed by atoms with Gasteiger partial charge < -0.3 is 20.1 Å². The van der Waals surface area contributed by atoms with Crippen molar-refractivity contribution in [2.24, 2.45) is 5.92 Å². The molecule has 1 aliphatic rings. The number of carbonyl (C=O) groups excluding carboxylic acids is 1. The molecule has 2 amide bonds. The second-order valence-electron chi connectivity index (χ2n) is 6.41. The Hall–Kier alpha value is -2.61. The Bertz CT molecular complexity index is 822. The fraction of sp³-hybridized carbons (Fsp3) is 0.316. The number of amides is 2. The van der Waals surface area contributed by atoms with E-state index in [0.29, 0.717) is 25.1 Å². The van der Waals surface area contributed by atoms with E-state index in [1.165, 1.54) is 0 Å². The number of rotatable bonds is 6. The monoisotopic (exact) mass is 433 g/mol. The molecule has 0 unspecified atom stereocenters. The number of carboxylic acid groups (broad SMARTS) is 1. The van der Waals surface area contributed by atoms with Crippen molar-refractivity contribution in [1.82, 2.24) is 10.3 Å². The second-order valence-corrected chi connectivity index (χ2v) is 7.27. The molecule has 0 saturated heterocycles. The summed E-state index contributed by atoms with van der Waals surface area (Å²) in [5.41, 5.74) is 1.65. The van der Waals surface area contributed by atoms with Crippen LogP contribution in [0.1, 0.15) is 18.4 Å². The predicted octanol–water partition coefficient (Wildman–Crippen LogP) is 3.43. The maximum atomic E-state index is 13.1. The number of carbonyl (C=O) groups is 2. The van der Waals surface area contributed by atoms with Gasteiger partial charge in [0, 0.05) is 22.6 Å². The van der Waals surface area contributed by atoms with Crippen molar-refractivity contribution in [3.8, 4) is 5.75 Å². The third kappa shape index (κ3) is 4.57. The maximum absolute atomic E-state index is 13.1. The van der Waals surface area contributed by atoms with Gasteiger partial charge in [-0.05, 0) is 52.5 Å². The zero-order chi connectivity index (χ0) is 19.4. The van der Waals surface area contributed by atoms with Crippen LogP contribution in [0.2, 0.25) is 0 Å². The lowest BCUT2D eigenvalue weighted by Crippen LogP contribution is -2.50. The molecule has 1 fully saturated rings. The largest absolute Gasteiger partial charge is 0.497 e. The lowest BCUT2D eigenvalue weighted by atomic mass is 9.79. The highest BCUT2D eigenvalue weighted by molar-refractivity contribution is 9.10. The number of aromatic nitrogens is 1. The molecular formula is C19H20BrN3O4. The van der Waals surface area contributed by atoms with Crippen molar-refractivity contribution in [1.29, 1.82) is 0 Å². The highest BCUT2D eigenvalue weighted by Crippen LogP contribution is 2.34. The van der Waals surface area contributed by atoms with Gasteiger partial charge in [-0.2, -0.15) is 0 Å². The van der Waals surface area contributed by atoms with Crippen LogP contribution in [-0.4, -0.2) is 35.2 Å². The third-order valence-corrected chi connectivity index (χ3v) is 5.29. The number of benzene rings is 1. The van der Waals surface area contributed by atoms with Gasteiger partial charge >= 0.3 is 6.09 Å². The van der Waals surface area contributed by atoms with E-state index in [1.54, 1.807) is 30.5 Å². The lowest BCUT2D eigenvalue weighted by molar-refractivity contribution is -0.125. The summed E-state index contributed by atoms with van der Waals surface area (Å²) in [4.78, 5) is 29.7. The smallest absolute Gasteiger partial charge is 0.404 e. The molecule has 0 spiro atoms. The molecule has 0 radical (unpaired) electrons. The van der Waals surface area contributed by atoms with E-state index in [1.807, 2.05) is 24.3 Å². The van der Waals surface area contributed by atoms with Gasteiger partial charge in [-0.3, -0.25) is 9.78 Å². The van der Waals surface area contributed by atoms with E-state index >= 15 is 0 Å². The first-order valence-electron chi connectivity index (χ1n) is 8.51. The number of methoxy groups -OCH3 is 1. The van der Waals surface area contributed by atoms with Crippen molar-refractivity contribution >= 4 is 33.6 Å². The minimum Gasteiger partial charge on any atom is -0.497 e. The molecule has 1 heterocycles. The Morgan fingerprint density at radius 3 is 2.59 bits per heavy atom. The van der Waals surface area contributed by atoms with Crippen LogP contribution in [0.15, 0.2) is 47.2 Å². The van der Waals surface area contributed by atoms with E-state index in [-0.39, 0.29) is 17.9 Å². The molecule has 1 aliphatic carbocycles. The SMILES string of the molecule is COc1ccc(CN(C(=O)C2CC(NC(=O)O)C2)c2cnccc2Br)cc1. The van der Waals surface area contributed by atoms with Crippen LogP contribution < -0.4 is 15.0 Å². The predicted molar refractivity (Wildman–Crippen MR) is 104 cm³/mol. The number of halogens is 1. The summed E-state index contributed by atoms with van der Waals surface area (Å²) in [6.07, 6.45) is 3.25. The molecule has 1 aromatic heterocycles. The second kappa shape index (κ2) is 8.39. The van der Waals surface area contributed by atoms with E-state index in [4.69, 9.17) is 9.84 Å². The molecule has 0 atom stereocenters. The number of ether oxygens (including phenoxy) is 1. The average Bonchev–Trinajstić information content (AvgIpc) is 2.63. The first-order chi connectivity index (χ1) is 13.0. The summed E-state index contributed by atoms with van der Waals surface area (Å²) in [7, 11) is 1.61. The third-order valence-electron chi connectivity index (χ3n) is 4.62. The standard InChI is InChI=1S/C19H20BrN3O4/c1-27-15-4-2-12(3-5-15)11-23(17-10-21-7-6-16(17)20)18(24)13-8-14(9-13)22-19(25)26/h2-7,10,13-14,22H,8-9,11H2,1H3,(H,25,26). The number of hydrogen-bond donors (Lipinski definition) is 2. The number of anilines is 1. The van der Waals surface area contributed by atoms with Crippen LogP contribution in [0.3, 0.4) is 0 Å². The zero-order valence-corrected chi connectivity index (χ0v) is 16.3. The zero-order valence-electron chi connectivity index (χ0n) is 14.8. The minimum absolute atomic E-state index is 0.0389. The van der Waals surface area contributed by atoms with Crippen LogP contribution >= 0.6 is 15.9 Å². The van der Waals surface area contributed by atoms with Gasteiger partial charge in [-0.15, -0.1) is 0 Å². The summed E-state index contributed by atoms with van der Waals surface area (Å²) in [5, 5.41) is 11.2. The molecule has 0 bridgehead atoms. The minimum atomic E-state index is -1.06. The van der Waals surface area contributed by atoms with Crippen molar-refractivity contribution in [2.45, 2.75) is 25.4 Å². The lowest BCUT2D eigenvalue weighted by Gasteiger charge is -2.37. The number of hydrogen-bond acceptors (Lipinski definition) is 4. The summed E-state index contributed by atoms with van der Waals surface area (Å²) in [5.74, 6) is 0.496. The van der Waals surface area contributed by atoms with E-state index in [9.17, 15) is 9.59 Å². The molecule has 27 heavy (non-hydrogen) atoms. The molecule has 7 nitrogen and oxygen atoms in total. The van der Waals surface area contributed by atoms with Gasteiger partial charge in [0.05, 0.1) is 25.5 Å². The molecule has 2 aromatic rings. The average molecular weight is 434 g/mol. The van der Waals surface area contributed by atoms with Crippen LogP contribution in [0.5, 0.6) is 5.75 Å². The Labute approximate surface area is 165 Å². The van der Waals surface area contributed by atoms with Gasteiger partial charge in [-0.25, -0.2) is 4.79 Å². The molecule has 0 aliphatic heterocycles. The highest BCUT2D eigenvalue weighted by atomic mass is 79.9. The Morgan fingerprint density at radius 2 is 2.00 bits per heavy atom.